The minimum absolute atomic E-state index is 0.00632. The van der Waals surface area contributed by atoms with E-state index in [1.807, 2.05) is 0 Å². The summed E-state index contributed by atoms with van der Waals surface area (Å²) in [4.78, 5) is 10.9. The van der Waals surface area contributed by atoms with Gasteiger partial charge >= 0.3 is 0 Å². The van der Waals surface area contributed by atoms with Crippen molar-refractivity contribution in [2.75, 3.05) is 19.8 Å². The number of rotatable bonds is 3. The van der Waals surface area contributed by atoms with Gasteiger partial charge in [-0.05, 0) is 18.1 Å². The Morgan fingerprint density at radius 2 is 2.12 bits per heavy atom. The zero-order valence-electron chi connectivity index (χ0n) is 10.9. The molecule has 0 bridgehead atoms. The van der Waals surface area contributed by atoms with Gasteiger partial charge in [0.05, 0.1) is 12.7 Å². The minimum atomic E-state index is -1.70. The van der Waals surface area contributed by atoms with Gasteiger partial charge in [-0.2, -0.15) is 0 Å². The van der Waals surface area contributed by atoms with Crippen molar-refractivity contribution >= 4 is 14.2 Å². The van der Waals surface area contributed by atoms with Gasteiger partial charge in [0, 0.05) is 6.54 Å². The molecule has 1 heterocycles. The molecule has 0 radical (unpaired) electrons. The van der Waals surface area contributed by atoms with Crippen LogP contribution in [0.1, 0.15) is 20.8 Å². The van der Waals surface area contributed by atoms with Crippen molar-refractivity contribution in [1.82, 2.24) is 5.32 Å². The average molecular weight is 245 g/mol. The standard InChI is InChI=1S/C11H23NO3Si/c1-11(2,3)16(4,5)15-7-9-6-12-10(13)8-14-9/h9H,6-8H2,1-5H3,(H,12,13). The Bertz CT molecular complexity index is 250. The zero-order valence-corrected chi connectivity index (χ0v) is 11.9. The van der Waals surface area contributed by atoms with Gasteiger partial charge in [-0.1, -0.05) is 20.8 Å². The molecule has 0 aliphatic carbocycles. The lowest BCUT2D eigenvalue weighted by Gasteiger charge is -2.37. The molecular formula is C11H23NO3Si. The Morgan fingerprint density at radius 3 is 2.56 bits per heavy atom. The fourth-order valence-electron chi connectivity index (χ4n) is 1.16. The predicted molar refractivity (Wildman–Crippen MR) is 65.9 cm³/mol. The Kier molecular flexibility index (Phi) is 4.15. The van der Waals surface area contributed by atoms with Crippen LogP contribution in [0.15, 0.2) is 0 Å². The Hall–Kier alpha value is -0.393. The molecule has 1 aliphatic rings. The van der Waals surface area contributed by atoms with Gasteiger partial charge in [-0.15, -0.1) is 0 Å². The minimum Gasteiger partial charge on any atom is -0.414 e. The third-order valence-corrected chi connectivity index (χ3v) is 7.91. The van der Waals surface area contributed by atoms with Crippen LogP contribution in [0.2, 0.25) is 18.1 Å². The maximum absolute atomic E-state index is 10.9. The molecule has 1 saturated heterocycles. The van der Waals surface area contributed by atoms with Gasteiger partial charge < -0.3 is 14.5 Å². The van der Waals surface area contributed by atoms with E-state index in [1.54, 1.807) is 0 Å². The molecule has 0 spiro atoms. The molecule has 1 rings (SSSR count). The first-order chi connectivity index (χ1) is 7.22. The van der Waals surface area contributed by atoms with E-state index >= 15 is 0 Å². The van der Waals surface area contributed by atoms with Crippen LogP contribution in [0, 0.1) is 0 Å². The zero-order chi connectivity index (χ0) is 12.4. The summed E-state index contributed by atoms with van der Waals surface area (Å²) in [6.45, 7) is 12.4. The van der Waals surface area contributed by atoms with E-state index < -0.39 is 8.32 Å². The fraction of sp³-hybridized carbons (Fsp3) is 0.909. The molecule has 4 nitrogen and oxygen atoms in total. The number of amides is 1. The van der Waals surface area contributed by atoms with Crippen LogP contribution in [-0.2, 0) is 14.0 Å². The Morgan fingerprint density at radius 1 is 1.50 bits per heavy atom. The van der Waals surface area contributed by atoms with Crippen molar-refractivity contribution in [3.05, 3.63) is 0 Å². The van der Waals surface area contributed by atoms with E-state index in [4.69, 9.17) is 9.16 Å². The third kappa shape index (κ3) is 3.57. The van der Waals surface area contributed by atoms with Crippen LogP contribution < -0.4 is 5.32 Å². The van der Waals surface area contributed by atoms with Crippen molar-refractivity contribution in [2.24, 2.45) is 0 Å². The van der Waals surface area contributed by atoms with Crippen LogP contribution >= 0.6 is 0 Å². The summed E-state index contributed by atoms with van der Waals surface area (Å²) in [6, 6.07) is 0. The lowest BCUT2D eigenvalue weighted by Crippen LogP contribution is -2.48. The van der Waals surface area contributed by atoms with Crippen LogP contribution in [0.3, 0.4) is 0 Å². The maximum atomic E-state index is 10.9. The molecule has 0 aromatic rings. The van der Waals surface area contributed by atoms with E-state index in [2.05, 4.69) is 39.2 Å². The van der Waals surface area contributed by atoms with Crippen molar-refractivity contribution < 1.29 is 14.0 Å². The molecule has 1 unspecified atom stereocenters. The van der Waals surface area contributed by atoms with Crippen LogP contribution in [-0.4, -0.2) is 40.1 Å². The second kappa shape index (κ2) is 4.85. The van der Waals surface area contributed by atoms with Gasteiger partial charge in [0.25, 0.3) is 0 Å². The van der Waals surface area contributed by atoms with Gasteiger partial charge in [-0.25, -0.2) is 0 Å². The van der Waals surface area contributed by atoms with Crippen molar-refractivity contribution in [2.45, 2.75) is 45.0 Å². The predicted octanol–water partition coefficient (Wildman–Crippen LogP) is 1.52. The van der Waals surface area contributed by atoms with E-state index in [9.17, 15) is 4.79 Å². The summed E-state index contributed by atoms with van der Waals surface area (Å²) in [5.41, 5.74) is 0. The van der Waals surface area contributed by atoms with Crippen molar-refractivity contribution in [1.29, 1.82) is 0 Å². The molecular weight excluding hydrogens is 222 g/mol. The molecule has 1 atom stereocenters. The maximum Gasteiger partial charge on any atom is 0.246 e. The van der Waals surface area contributed by atoms with Gasteiger partial charge in [0.2, 0.25) is 5.91 Å². The number of carbonyl (C=O) groups excluding carboxylic acids is 1. The van der Waals surface area contributed by atoms with Gasteiger partial charge in [-0.3, -0.25) is 4.79 Å². The Labute approximate surface area is 98.8 Å². The quantitative estimate of drug-likeness (QED) is 0.767. The number of hydrogen-bond donors (Lipinski definition) is 1. The molecule has 1 N–H and O–H groups in total. The van der Waals surface area contributed by atoms with Crippen molar-refractivity contribution in [3.63, 3.8) is 0 Å². The van der Waals surface area contributed by atoms with Gasteiger partial charge in [0.15, 0.2) is 8.32 Å². The molecule has 94 valence electrons. The monoisotopic (exact) mass is 245 g/mol. The normalized spacial score (nSPS) is 23.1. The van der Waals surface area contributed by atoms with E-state index in [0.717, 1.165) is 0 Å². The second-order valence-electron chi connectivity index (χ2n) is 5.81. The van der Waals surface area contributed by atoms with Crippen LogP contribution in [0.4, 0.5) is 0 Å². The number of carbonyl (C=O) groups is 1. The van der Waals surface area contributed by atoms with E-state index in [1.165, 1.54) is 0 Å². The van der Waals surface area contributed by atoms with Crippen LogP contribution in [0.5, 0.6) is 0 Å². The highest BCUT2D eigenvalue weighted by Gasteiger charge is 2.37. The number of ether oxygens (including phenoxy) is 1. The topological polar surface area (TPSA) is 47.6 Å². The summed E-state index contributed by atoms with van der Waals surface area (Å²) in [7, 11) is -1.70. The molecule has 1 aliphatic heterocycles. The highest BCUT2D eigenvalue weighted by Crippen LogP contribution is 2.36. The Balaban J connectivity index is 2.37. The molecule has 1 amide bonds. The van der Waals surface area contributed by atoms with E-state index in [-0.39, 0.29) is 23.7 Å². The average Bonchev–Trinajstić information content (AvgIpc) is 2.15. The summed E-state index contributed by atoms with van der Waals surface area (Å²) in [6.07, 6.45) is 0.00632. The first-order valence-corrected chi connectivity index (χ1v) is 8.65. The second-order valence-corrected chi connectivity index (χ2v) is 10.6. The molecule has 1 fully saturated rings. The lowest BCUT2D eigenvalue weighted by atomic mass is 10.2. The summed E-state index contributed by atoms with van der Waals surface area (Å²) in [5, 5.41) is 2.99. The number of morpholine rings is 1. The third-order valence-electron chi connectivity index (χ3n) is 3.41. The molecule has 0 saturated carbocycles. The SMILES string of the molecule is CC(C)(C)[Si](C)(C)OCC1CNC(=O)CO1. The lowest BCUT2D eigenvalue weighted by molar-refractivity contribution is -0.134. The van der Waals surface area contributed by atoms with Crippen molar-refractivity contribution in [3.8, 4) is 0 Å². The smallest absolute Gasteiger partial charge is 0.246 e. The first-order valence-electron chi connectivity index (χ1n) is 5.74. The number of hydrogen-bond acceptors (Lipinski definition) is 3. The highest BCUT2D eigenvalue weighted by molar-refractivity contribution is 6.74. The highest BCUT2D eigenvalue weighted by atomic mass is 28.4. The summed E-state index contributed by atoms with van der Waals surface area (Å²) >= 11 is 0. The van der Waals surface area contributed by atoms with Gasteiger partial charge in [0.1, 0.15) is 6.61 Å². The summed E-state index contributed by atoms with van der Waals surface area (Å²) < 4.78 is 11.4. The largest absolute Gasteiger partial charge is 0.414 e. The van der Waals surface area contributed by atoms with E-state index in [0.29, 0.717) is 13.2 Å². The summed E-state index contributed by atoms with van der Waals surface area (Å²) in [5.74, 6) is -0.0384. The number of nitrogens with one attached hydrogen (secondary N) is 1. The molecule has 16 heavy (non-hydrogen) atoms. The fourth-order valence-corrected chi connectivity index (χ4v) is 2.19. The van der Waals surface area contributed by atoms with Crippen LogP contribution in [0.25, 0.3) is 0 Å². The first kappa shape index (κ1) is 13.7. The molecule has 5 heteroatoms. The molecule has 0 aromatic heterocycles. The molecule has 0 aromatic carbocycles.